The molecule has 0 saturated heterocycles. The summed E-state index contributed by atoms with van der Waals surface area (Å²) in [6.45, 7) is 9.10. The van der Waals surface area contributed by atoms with E-state index < -0.39 is 0 Å². The van der Waals surface area contributed by atoms with Crippen LogP contribution in [0.3, 0.4) is 0 Å². The van der Waals surface area contributed by atoms with Gasteiger partial charge in [0.2, 0.25) is 0 Å². The molecule has 0 aliphatic carbocycles. The molecule has 0 fully saturated rings. The van der Waals surface area contributed by atoms with Gasteiger partial charge in [-0.25, -0.2) is 4.79 Å². The Hall–Kier alpha value is -0.730. The van der Waals surface area contributed by atoms with E-state index in [1.807, 2.05) is 27.7 Å². The predicted octanol–water partition coefficient (Wildman–Crippen LogP) is 2.51. The largest absolute Gasteiger partial charge is 0.449 e. The fourth-order valence-corrected chi connectivity index (χ4v) is 0.429. The average Bonchev–Trinajstić information content (AvgIpc) is 2.16. The molecule has 0 bridgehead atoms. The third kappa shape index (κ3) is 7.38. The van der Waals surface area contributed by atoms with Crippen molar-refractivity contribution in [2.45, 2.75) is 34.1 Å². The number of ether oxygens (including phenoxy) is 1. The van der Waals surface area contributed by atoms with Gasteiger partial charge in [0.1, 0.15) is 0 Å². The van der Waals surface area contributed by atoms with E-state index in [9.17, 15) is 4.79 Å². The molecule has 0 N–H and O–H groups in total. The van der Waals surface area contributed by atoms with Crippen LogP contribution >= 0.6 is 0 Å². The number of rotatable bonds is 3. The molecule has 0 rings (SSSR count). The summed E-state index contributed by atoms with van der Waals surface area (Å²) in [5.74, 6) is 0. The lowest BCUT2D eigenvalue weighted by molar-refractivity contribution is 0.113. The van der Waals surface area contributed by atoms with E-state index in [2.05, 4.69) is 0 Å². The van der Waals surface area contributed by atoms with Crippen molar-refractivity contribution in [1.29, 1.82) is 0 Å². The molecule has 3 nitrogen and oxygen atoms in total. The Morgan fingerprint density at radius 1 is 1.33 bits per heavy atom. The van der Waals surface area contributed by atoms with Crippen LogP contribution in [0.15, 0.2) is 0 Å². The summed E-state index contributed by atoms with van der Waals surface area (Å²) in [7, 11) is 1.72. The zero-order valence-corrected chi connectivity index (χ0v) is 8.89. The molecule has 0 aromatic rings. The fraction of sp³-hybridized carbons (Fsp3) is 0.889. The highest BCUT2D eigenvalue weighted by molar-refractivity contribution is 5.66. The predicted molar refractivity (Wildman–Crippen MR) is 51.3 cm³/mol. The summed E-state index contributed by atoms with van der Waals surface area (Å²) in [4.78, 5) is 12.4. The van der Waals surface area contributed by atoms with Crippen molar-refractivity contribution < 1.29 is 9.53 Å². The first-order chi connectivity index (χ1) is 5.72. The molecule has 0 aliphatic heterocycles. The van der Waals surface area contributed by atoms with Crippen molar-refractivity contribution in [1.82, 2.24) is 4.90 Å². The number of carbonyl (C=O) groups excluding carboxylic acids is 1. The van der Waals surface area contributed by atoms with Gasteiger partial charge in [-0.2, -0.15) is 0 Å². The van der Waals surface area contributed by atoms with Gasteiger partial charge in [0.25, 0.3) is 0 Å². The fourth-order valence-electron chi connectivity index (χ4n) is 0.429. The van der Waals surface area contributed by atoms with Gasteiger partial charge in [0.15, 0.2) is 0 Å². The molecule has 0 aromatic carbocycles. The van der Waals surface area contributed by atoms with Crippen molar-refractivity contribution in [3.8, 4) is 0 Å². The Labute approximate surface area is 75.7 Å². The van der Waals surface area contributed by atoms with Crippen LogP contribution < -0.4 is 0 Å². The number of amides is 1. The van der Waals surface area contributed by atoms with E-state index in [0.29, 0.717) is 13.2 Å². The Bertz CT molecular complexity index is 105. The number of carbonyl (C=O) groups is 1. The van der Waals surface area contributed by atoms with Crippen molar-refractivity contribution in [3.05, 3.63) is 0 Å². The Kier molecular flexibility index (Phi) is 11.8. The average molecular weight is 175 g/mol. The normalized spacial score (nSPS) is 8.08. The third-order valence-corrected chi connectivity index (χ3v) is 1.22. The second-order valence-corrected chi connectivity index (χ2v) is 2.13. The first kappa shape index (κ1) is 13.8. The lowest BCUT2D eigenvalue weighted by Crippen LogP contribution is -2.27. The number of hydrogen-bond donors (Lipinski definition) is 0. The molecule has 0 aromatic heterocycles. The molecule has 3 heteroatoms. The second kappa shape index (κ2) is 10.3. The van der Waals surface area contributed by atoms with Crippen LogP contribution in [0.4, 0.5) is 4.79 Å². The van der Waals surface area contributed by atoms with Gasteiger partial charge in [0.05, 0.1) is 6.61 Å². The smallest absolute Gasteiger partial charge is 0.409 e. The molecule has 0 unspecified atom stereocenters. The summed E-state index contributed by atoms with van der Waals surface area (Å²) in [6, 6.07) is 0. The van der Waals surface area contributed by atoms with Gasteiger partial charge in [-0.3, -0.25) is 0 Å². The minimum atomic E-state index is -0.232. The number of hydrogen-bond acceptors (Lipinski definition) is 2. The van der Waals surface area contributed by atoms with Gasteiger partial charge in [-0.05, 0) is 13.3 Å². The number of nitrogens with zero attached hydrogens (tertiary/aromatic N) is 1. The zero-order valence-electron chi connectivity index (χ0n) is 8.89. The monoisotopic (exact) mass is 175 g/mol. The topological polar surface area (TPSA) is 29.5 Å². The molecule has 12 heavy (non-hydrogen) atoms. The zero-order chi connectivity index (χ0) is 9.98. The molecule has 74 valence electrons. The lowest BCUT2D eigenvalue weighted by Gasteiger charge is -2.13. The van der Waals surface area contributed by atoms with Crippen LogP contribution in [-0.2, 0) is 4.74 Å². The highest BCUT2D eigenvalue weighted by atomic mass is 16.6. The van der Waals surface area contributed by atoms with Crippen LogP contribution in [-0.4, -0.2) is 31.2 Å². The first-order valence-corrected chi connectivity index (χ1v) is 4.60. The van der Waals surface area contributed by atoms with Crippen molar-refractivity contribution >= 4 is 6.09 Å². The van der Waals surface area contributed by atoms with E-state index in [-0.39, 0.29) is 6.09 Å². The van der Waals surface area contributed by atoms with Crippen LogP contribution in [0.1, 0.15) is 34.1 Å². The highest BCUT2D eigenvalue weighted by Gasteiger charge is 2.04. The highest BCUT2D eigenvalue weighted by Crippen LogP contribution is 1.89. The van der Waals surface area contributed by atoms with Crippen LogP contribution in [0.2, 0.25) is 0 Å². The molecule has 0 aliphatic rings. The van der Waals surface area contributed by atoms with E-state index in [1.54, 1.807) is 7.05 Å². The summed E-state index contributed by atoms with van der Waals surface area (Å²) >= 11 is 0. The molecule has 0 spiro atoms. The maximum atomic E-state index is 10.8. The van der Waals surface area contributed by atoms with Gasteiger partial charge >= 0.3 is 6.09 Å². The summed E-state index contributed by atoms with van der Waals surface area (Å²) in [5, 5.41) is 0. The van der Waals surface area contributed by atoms with E-state index >= 15 is 0 Å². The molecular formula is C9H21NO2. The van der Waals surface area contributed by atoms with E-state index in [0.717, 1.165) is 6.42 Å². The first-order valence-electron chi connectivity index (χ1n) is 4.60. The quantitative estimate of drug-likeness (QED) is 0.659. The van der Waals surface area contributed by atoms with Crippen molar-refractivity contribution in [2.75, 3.05) is 20.2 Å². The molecular weight excluding hydrogens is 154 g/mol. The van der Waals surface area contributed by atoms with Crippen LogP contribution in [0, 0.1) is 0 Å². The van der Waals surface area contributed by atoms with E-state index in [4.69, 9.17) is 4.74 Å². The summed E-state index contributed by atoms with van der Waals surface area (Å²) in [6.07, 6.45) is 0.646. The molecule has 0 radical (unpaired) electrons. The van der Waals surface area contributed by atoms with Gasteiger partial charge in [0, 0.05) is 13.6 Å². The standard InChI is InChI=1S/C7H15NO2.C2H6/c1-4-6-10-7(9)8(3)5-2;1-2/h4-6H2,1-3H3;1-2H3. The molecule has 0 heterocycles. The molecule has 1 amide bonds. The van der Waals surface area contributed by atoms with Crippen molar-refractivity contribution in [2.24, 2.45) is 0 Å². The molecule has 0 atom stereocenters. The van der Waals surface area contributed by atoms with Crippen LogP contribution in [0.25, 0.3) is 0 Å². The van der Waals surface area contributed by atoms with Gasteiger partial charge in [-0.1, -0.05) is 20.8 Å². The second-order valence-electron chi connectivity index (χ2n) is 2.13. The summed E-state index contributed by atoms with van der Waals surface area (Å²) in [5.41, 5.74) is 0. The Morgan fingerprint density at radius 2 is 1.83 bits per heavy atom. The minimum absolute atomic E-state index is 0.232. The maximum absolute atomic E-state index is 10.8. The van der Waals surface area contributed by atoms with Crippen LogP contribution in [0.5, 0.6) is 0 Å². The third-order valence-electron chi connectivity index (χ3n) is 1.22. The lowest BCUT2D eigenvalue weighted by atomic mass is 10.5. The molecule has 0 saturated carbocycles. The SMILES string of the molecule is CC.CCCOC(=O)N(C)CC. The summed E-state index contributed by atoms with van der Waals surface area (Å²) < 4.78 is 4.83. The minimum Gasteiger partial charge on any atom is -0.449 e. The van der Waals surface area contributed by atoms with Gasteiger partial charge < -0.3 is 9.64 Å². The Morgan fingerprint density at radius 3 is 2.17 bits per heavy atom. The van der Waals surface area contributed by atoms with E-state index in [1.165, 1.54) is 4.90 Å². The maximum Gasteiger partial charge on any atom is 0.409 e. The Balaban J connectivity index is 0. The van der Waals surface area contributed by atoms with Gasteiger partial charge in [-0.15, -0.1) is 0 Å². The van der Waals surface area contributed by atoms with Crippen molar-refractivity contribution in [3.63, 3.8) is 0 Å².